The van der Waals surface area contributed by atoms with Gasteiger partial charge in [-0.2, -0.15) is 0 Å². The van der Waals surface area contributed by atoms with Crippen molar-refractivity contribution in [2.45, 2.75) is 33.1 Å². The van der Waals surface area contributed by atoms with Crippen molar-refractivity contribution in [1.29, 1.82) is 0 Å². The molecule has 0 aliphatic rings. The van der Waals surface area contributed by atoms with Crippen molar-refractivity contribution in [3.8, 4) is 0 Å². The van der Waals surface area contributed by atoms with E-state index in [0.29, 0.717) is 24.1 Å². The molecular weight excluding hydrogens is 258 g/mol. The van der Waals surface area contributed by atoms with Gasteiger partial charge in [0.2, 0.25) is 0 Å². The van der Waals surface area contributed by atoms with Crippen molar-refractivity contribution in [1.82, 2.24) is 5.32 Å². The van der Waals surface area contributed by atoms with Gasteiger partial charge < -0.3 is 15.5 Å². The first kappa shape index (κ1) is 16.2. The molecule has 1 rings (SSSR count). The zero-order valence-corrected chi connectivity index (χ0v) is 11.9. The molecule has 1 aromatic rings. The van der Waals surface area contributed by atoms with E-state index in [1.807, 2.05) is 0 Å². The summed E-state index contributed by atoms with van der Waals surface area (Å²) in [5.74, 6) is -1.44. The fourth-order valence-electron chi connectivity index (χ4n) is 2.08. The van der Waals surface area contributed by atoms with E-state index >= 15 is 0 Å². The van der Waals surface area contributed by atoms with E-state index in [-0.39, 0.29) is 23.6 Å². The zero-order chi connectivity index (χ0) is 15.1. The molecule has 20 heavy (non-hydrogen) atoms. The van der Waals surface area contributed by atoms with E-state index < -0.39 is 5.97 Å². The molecule has 0 bridgehead atoms. The first-order chi connectivity index (χ1) is 9.49. The molecule has 0 spiro atoms. The van der Waals surface area contributed by atoms with E-state index in [2.05, 4.69) is 5.32 Å². The maximum Gasteiger partial charge on any atom is 0.336 e. The average Bonchev–Trinajstić information content (AvgIpc) is 2.40. The lowest BCUT2D eigenvalue weighted by molar-refractivity contribution is 0.0690. The van der Waals surface area contributed by atoms with Gasteiger partial charge in [0.25, 0.3) is 5.91 Å². The first-order valence-electron chi connectivity index (χ1n) is 6.71. The molecular formula is C15H21NO4. The van der Waals surface area contributed by atoms with Crippen molar-refractivity contribution in [3.05, 3.63) is 34.4 Å². The Balaban J connectivity index is 2.82. The van der Waals surface area contributed by atoms with Crippen LogP contribution in [0.25, 0.3) is 0 Å². The molecule has 0 radical (unpaired) electrons. The Morgan fingerprint density at radius 3 is 2.20 bits per heavy atom. The third-order valence-corrected chi connectivity index (χ3v) is 3.18. The monoisotopic (exact) mass is 279 g/mol. The Bertz CT molecular complexity index is 497. The summed E-state index contributed by atoms with van der Waals surface area (Å²) in [6, 6.07) is 3.46. The number of carboxylic acids is 1. The molecule has 1 aromatic carbocycles. The zero-order valence-electron chi connectivity index (χ0n) is 11.9. The van der Waals surface area contributed by atoms with Crippen LogP contribution in [0, 0.1) is 13.8 Å². The van der Waals surface area contributed by atoms with E-state index in [1.165, 1.54) is 0 Å². The normalized spacial score (nSPS) is 10.3. The molecule has 110 valence electrons. The van der Waals surface area contributed by atoms with Crippen LogP contribution in [0.4, 0.5) is 0 Å². The topological polar surface area (TPSA) is 86.6 Å². The number of carbonyl (C=O) groups excluding carboxylic acids is 1. The number of rotatable bonds is 7. The minimum atomic E-state index is -1.09. The number of aryl methyl sites for hydroxylation is 2. The molecule has 0 saturated carbocycles. The summed E-state index contributed by atoms with van der Waals surface area (Å²) in [6.07, 6.45) is 2.30. The molecule has 0 saturated heterocycles. The van der Waals surface area contributed by atoms with Crippen LogP contribution in [0.15, 0.2) is 12.1 Å². The molecule has 0 fully saturated rings. The standard InChI is InChI=1S/C15H21NO4/c1-10-6-7-11(2)13(15(19)20)12(10)14(18)16-8-4-3-5-9-17/h6-7,17H,3-5,8-9H2,1-2H3,(H,16,18)(H,19,20). The lowest BCUT2D eigenvalue weighted by Gasteiger charge is -2.12. The number of aliphatic hydroxyl groups excluding tert-OH is 1. The third-order valence-electron chi connectivity index (χ3n) is 3.18. The van der Waals surface area contributed by atoms with Crippen LogP contribution in [0.1, 0.15) is 51.1 Å². The number of benzene rings is 1. The second-order valence-electron chi connectivity index (χ2n) is 4.79. The summed E-state index contributed by atoms with van der Waals surface area (Å²) < 4.78 is 0. The summed E-state index contributed by atoms with van der Waals surface area (Å²) >= 11 is 0. The van der Waals surface area contributed by atoms with Crippen molar-refractivity contribution in [2.75, 3.05) is 13.2 Å². The van der Waals surface area contributed by atoms with Gasteiger partial charge in [-0.15, -0.1) is 0 Å². The number of carbonyl (C=O) groups is 2. The van der Waals surface area contributed by atoms with Crippen LogP contribution in [-0.2, 0) is 0 Å². The Morgan fingerprint density at radius 1 is 1.05 bits per heavy atom. The van der Waals surface area contributed by atoms with E-state index in [4.69, 9.17) is 5.11 Å². The van der Waals surface area contributed by atoms with Crippen molar-refractivity contribution in [2.24, 2.45) is 0 Å². The summed E-state index contributed by atoms with van der Waals surface area (Å²) in [5.41, 5.74) is 1.53. The van der Waals surface area contributed by atoms with Gasteiger partial charge in [-0.1, -0.05) is 12.1 Å². The molecule has 0 atom stereocenters. The van der Waals surface area contributed by atoms with Crippen LogP contribution in [-0.4, -0.2) is 35.2 Å². The van der Waals surface area contributed by atoms with Gasteiger partial charge in [0, 0.05) is 13.2 Å². The Labute approximate surface area is 118 Å². The third kappa shape index (κ3) is 4.06. The van der Waals surface area contributed by atoms with Gasteiger partial charge in [0.15, 0.2) is 0 Å². The summed E-state index contributed by atoms with van der Waals surface area (Å²) in [4.78, 5) is 23.5. The van der Waals surface area contributed by atoms with Gasteiger partial charge in [-0.3, -0.25) is 4.79 Å². The highest BCUT2D eigenvalue weighted by Crippen LogP contribution is 2.18. The number of carboxylic acid groups (broad SMARTS) is 1. The highest BCUT2D eigenvalue weighted by atomic mass is 16.4. The summed E-state index contributed by atoms with van der Waals surface area (Å²) in [7, 11) is 0. The van der Waals surface area contributed by atoms with E-state index in [9.17, 15) is 14.7 Å². The van der Waals surface area contributed by atoms with Gasteiger partial charge in [-0.05, 0) is 44.2 Å². The molecule has 0 aliphatic carbocycles. The maximum atomic E-state index is 12.2. The average molecular weight is 279 g/mol. The summed E-state index contributed by atoms with van der Waals surface area (Å²) in [6.45, 7) is 4.03. The smallest absolute Gasteiger partial charge is 0.336 e. The van der Waals surface area contributed by atoms with Crippen molar-refractivity contribution in [3.63, 3.8) is 0 Å². The number of amides is 1. The van der Waals surface area contributed by atoms with E-state index in [1.54, 1.807) is 26.0 Å². The second kappa shape index (κ2) is 7.65. The highest BCUT2D eigenvalue weighted by Gasteiger charge is 2.20. The molecule has 1 amide bonds. The van der Waals surface area contributed by atoms with Crippen molar-refractivity contribution < 1.29 is 19.8 Å². The molecule has 5 nitrogen and oxygen atoms in total. The number of aromatic carboxylic acids is 1. The Morgan fingerprint density at radius 2 is 1.65 bits per heavy atom. The number of nitrogens with one attached hydrogen (secondary N) is 1. The van der Waals surface area contributed by atoms with Gasteiger partial charge in [0.1, 0.15) is 0 Å². The van der Waals surface area contributed by atoms with Crippen LogP contribution in [0.3, 0.4) is 0 Å². The quantitative estimate of drug-likeness (QED) is 0.665. The van der Waals surface area contributed by atoms with Gasteiger partial charge >= 0.3 is 5.97 Å². The maximum absolute atomic E-state index is 12.2. The molecule has 5 heteroatoms. The predicted molar refractivity (Wildman–Crippen MR) is 76.1 cm³/mol. The molecule has 0 aliphatic heterocycles. The number of aliphatic hydroxyl groups is 1. The first-order valence-corrected chi connectivity index (χ1v) is 6.71. The van der Waals surface area contributed by atoms with Crippen LogP contribution in [0.5, 0.6) is 0 Å². The lowest BCUT2D eigenvalue weighted by atomic mass is 9.96. The van der Waals surface area contributed by atoms with Crippen LogP contribution >= 0.6 is 0 Å². The SMILES string of the molecule is Cc1ccc(C)c(C(=O)NCCCCCO)c1C(=O)O. The van der Waals surface area contributed by atoms with Crippen LogP contribution in [0.2, 0.25) is 0 Å². The lowest BCUT2D eigenvalue weighted by Crippen LogP contribution is -2.27. The number of unbranched alkanes of at least 4 members (excludes halogenated alkanes) is 2. The minimum absolute atomic E-state index is 0.0675. The predicted octanol–water partition coefficient (Wildman–Crippen LogP) is 1.89. The number of hydrogen-bond donors (Lipinski definition) is 3. The largest absolute Gasteiger partial charge is 0.478 e. The number of hydrogen-bond acceptors (Lipinski definition) is 3. The fourth-order valence-corrected chi connectivity index (χ4v) is 2.08. The molecule has 0 unspecified atom stereocenters. The van der Waals surface area contributed by atoms with Gasteiger partial charge in [-0.25, -0.2) is 4.79 Å². The molecule has 0 heterocycles. The van der Waals surface area contributed by atoms with Crippen LogP contribution < -0.4 is 5.32 Å². The highest BCUT2D eigenvalue weighted by molar-refractivity contribution is 6.06. The molecule has 3 N–H and O–H groups in total. The molecule has 0 aromatic heterocycles. The van der Waals surface area contributed by atoms with E-state index in [0.717, 1.165) is 12.8 Å². The summed E-state index contributed by atoms with van der Waals surface area (Å²) in [5, 5.41) is 20.7. The van der Waals surface area contributed by atoms with Gasteiger partial charge in [0.05, 0.1) is 11.1 Å². The Hall–Kier alpha value is -1.88. The second-order valence-corrected chi connectivity index (χ2v) is 4.79. The minimum Gasteiger partial charge on any atom is -0.478 e. The Kier molecular flexibility index (Phi) is 6.18. The van der Waals surface area contributed by atoms with Crippen molar-refractivity contribution >= 4 is 11.9 Å². The fraction of sp³-hybridized carbons (Fsp3) is 0.467.